The minimum Gasteiger partial charge on any atom is -0.518 e. The first-order chi connectivity index (χ1) is 16.0. The van der Waals surface area contributed by atoms with Gasteiger partial charge in [-0.25, -0.2) is 0 Å². The first kappa shape index (κ1) is 22.3. The molecular formula is C27H14F3IrN2O-. The van der Waals surface area contributed by atoms with Gasteiger partial charge in [0.25, 0.3) is 0 Å². The minimum atomic E-state index is -4.40. The molecule has 0 unspecified atom stereocenters. The monoisotopic (exact) mass is 632 g/mol. The number of hydrogen-bond donors (Lipinski definition) is 0. The smallest absolute Gasteiger partial charge is 0.416 e. The minimum absolute atomic E-state index is 0. The maximum atomic E-state index is 13.0. The Labute approximate surface area is 205 Å². The number of alkyl halides is 3. The fraction of sp³-hybridized carbons (Fsp3) is 0.0370. The molecule has 4 aromatic carbocycles. The maximum absolute atomic E-state index is 13.0. The van der Waals surface area contributed by atoms with Crippen molar-refractivity contribution in [1.82, 2.24) is 10.2 Å². The molecule has 0 saturated carbocycles. The van der Waals surface area contributed by atoms with Crippen molar-refractivity contribution in [3.05, 3.63) is 96.6 Å². The van der Waals surface area contributed by atoms with Crippen molar-refractivity contribution >= 4 is 32.5 Å². The molecule has 0 fully saturated rings. The molecule has 0 aliphatic heterocycles. The zero-order valence-electron chi connectivity index (χ0n) is 17.4. The second kappa shape index (κ2) is 8.35. The van der Waals surface area contributed by atoms with Crippen molar-refractivity contribution in [1.29, 1.82) is 0 Å². The first-order valence-electron chi connectivity index (χ1n) is 10.3. The van der Waals surface area contributed by atoms with Crippen molar-refractivity contribution in [2.24, 2.45) is 0 Å². The Hall–Kier alpha value is -3.54. The number of nitrogens with zero attached hydrogens (tertiary/aromatic N) is 2. The molecule has 0 amide bonds. The van der Waals surface area contributed by atoms with Crippen LogP contribution in [0.2, 0.25) is 0 Å². The second-order valence-corrected chi connectivity index (χ2v) is 7.77. The van der Waals surface area contributed by atoms with Gasteiger partial charge in [0.05, 0.1) is 22.7 Å². The Morgan fingerprint density at radius 2 is 1.29 bits per heavy atom. The predicted molar refractivity (Wildman–Crippen MR) is 122 cm³/mol. The van der Waals surface area contributed by atoms with Gasteiger partial charge in [0.2, 0.25) is 0 Å². The SMILES string of the molecule is FC(F)(F)c1ccc(-c2nnc(-c3[c-]c4ccccc4o3)c3cc4ccccc4cc23)cc1.[Ir]. The number of halogens is 3. The third-order valence-electron chi connectivity index (χ3n) is 5.69. The number of furan rings is 1. The number of hydrogen-bond acceptors (Lipinski definition) is 3. The van der Waals surface area contributed by atoms with E-state index in [0.717, 1.165) is 39.1 Å². The van der Waals surface area contributed by atoms with E-state index < -0.39 is 11.7 Å². The van der Waals surface area contributed by atoms with E-state index in [1.807, 2.05) is 60.7 Å². The molecule has 0 saturated heterocycles. The van der Waals surface area contributed by atoms with E-state index >= 15 is 0 Å². The summed E-state index contributed by atoms with van der Waals surface area (Å²) >= 11 is 0. The molecule has 2 heterocycles. The summed E-state index contributed by atoms with van der Waals surface area (Å²) in [5, 5.41) is 13.2. The average Bonchev–Trinajstić information content (AvgIpc) is 3.26. The van der Waals surface area contributed by atoms with Gasteiger partial charge in [0.1, 0.15) is 0 Å². The maximum Gasteiger partial charge on any atom is 0.416 e. The van der Waals surface area contributed by atoms with Gasteiger partial charge in [0, 0.05) is 36.6 Å². The summed E-state index contributed by atoms with van der Waals surface area (Å²) in [5.74, 6) is 0.461. The van der Waals surface area contributed by atoms with Crippen molar-refractivity contribution in [3.8, 4) is 22.7 Å². The van der Waals surface area contributed by atoms with Gasteiger partial charge in [-0.05, 0) is 34.4 Å². The normalized spacial score (nSPS) is 11.7. The standard InChI is InChI=1S/C27H14F3N2O.Ir/c28-27(29,30)20-11-9-16(10-12-20)25-21-13-17-5-1-2-6-18(17)14-22(21)26(32-31-25)24-15-19-7-3-4-8-23(19)33-24;/h1-14H;/q-1;. The Morgan fingerprint density at radius 1 is 0.706 bits per heavy atom. The van der Waals surface area contributed by atoms with Crippen LogP contribution in [0.5, 0.6) is 0 Å². The van der Waals surface area contributed by atoms with Gasteiger partial charge in [-0.2, -0.15) is 23.4 Å². The van der Waals surface area contributed by atoms with E-state index in [1.165, 1.54) is 12.1 Å². The summed E-state index contributed by atoms with van der Waals surface area (Å²) in [6, 6.07) is 27.6. The number of benzene rings is 4. The van der Waals surface area contributed by atoms with Crippen LogP contribution in [-0.2, 0) is 26.3 Å². The van der Waals surface area contributed by atoms with Gasteiger partial charge in [-0.1, -0.05) is 60.7 Å². The largest absolute Gasteiger partial charge is 0.518 e. The molecule has 7 heteroatoms. The molecule has 3 nitrogen and oxygen atoms in total. The van der Waals surface area contributed by atoms with Crippen LogP contribution in [-0.4, -0.2) is 10.2 Å². The second-order valence-electron chi connectivity index (χ2n) is 7.77. The van der Waals surface area contributed by atoms with E-state index in [2.05, 4.69) is 16.3 Å². The molecule has 6 aromatic rings. The Kier molecular flexibility index (Phi) is 5.47. The molecule has 34 heavy (non-hydrogen) atoms. The molecule has 0 bridgehead atoms. The van der Waals surface area contributed by atoms with Crippen LogP contribution in [0.25, 0.3) is 55.2 Å². The van der Waals surface area contributed by atoms with Crippen LogP contribution in [0.4, 0.5) is 13.2 Å². The quantitative estimate of drug-likeness (QED) is 0.145. The number of fused-ring (bicyclic) bond motifs is 3. The zero-order valence-corrected chi connectivity index (χ0v) is 19.7. The summed E-state index contributed by atoms with van der Waals surface area (Å²) in [6.45, 7) is 0. The summed E-state index contributed by atoms with van der Waals surface area (Å²) in [7, 11) is 0. The van der Waals surface area contributed by atoms with Crippen LogP contribution >= 0.6 is 0 Å². The first-order valence-corrected chi connectivity index (χ1v) is 10.3. The fourth-order valence-corrected chi connectivity index (χ4v) is 4.06. The van der Waals surface area contributed by atoms with E-state index in [1.54, 1.807) is 0 Å². The Balaban J connectivity index is 0.00000241. The van der Waals surface area contributed by atoms with Gasteiger partial charge in [-0.3, -0.25) is 0 Å². The summed E-state index contributed by atoms with van der Waals surface area (Å²) < 4.78 is 45.1. The number of aromatic nitrogens is 2. The van der Waals surface area contributed by atoms with E-state index in [9.17, 15) is 13.2 Å². The molecular weight excluding hydrogens is 618 g/mol. The summed E-state index contributed by atoms with van der Waals surface area (Å²) in [6.07, 6.45) is -4.40. The van der Waals surface area contributed by atoms with Crippen LogP contribution < -0.4 is 0 Å². The van der Waals surface area contributed by atoms with E-state index in [4.69, 9.17) is 4.42 Å². The zero-order chi connectivity index (χ0) is 22.6. The number of rotatable bonds is 2. The molecule has 0 aliphatic rings. The topological polar surface area (TPSA) is 38.9 Å². The van der Waals surface area contributed by atoms with Gasteiger partial charge < -0.3 is 4.42 Å². The molecule has 0 spiro atoms. The molecule has 0 aliphatic carbocycles. The molecule has 0 atom stereocenters. The van der Waals surface area contributed by atoms with Crippen LogP contribution in [0, 0.1) is 6.07 Å². The molecule has 6 rings (SSSR count). The Morgan fingerprint density at radius 3 is 1.94 bits per heavy atom. The van der Waals surface area contributed by atoms with Gasteiger partial charge in [0.15, 0.2) is 0 Å². The van der Waals surface area contributed by atoms with Crippen LogP contribution in [0.15, 0.2) is 89.3 Å². The van der Waals surface area contributed by atoms with Crippen molar-refractivity contribution < 1.29 is 37.7 Å². The van der Waals surface area contributed by atoms with Gasteiger partial charge in [-0.15, -0.1) is 17.5 Å². The number of para-hydroxylation sites is 1. The average molecular weight is 632 g/mol. The third-order valence-corrected chi connectivity index (χ3v) is 5.69. The molecule has 1 radical (unpaired) electrons. The summed E-state index contributed by atoms with van der Waals surface area (Å²) in [5.41, 5.74) is 1.57. The van der Waals surface area contributed by atoms with Crippen LogP contribution in [0.3, 0.4) is 0 Å². The predicted octanol–water partition coefficient (Wildman–Crippen LogP) is 7.68. The van der Waals surface area contributed by atoms with Crippen molar-refractivity contribution in [2.75, 3.05) is 0 Å². The van der Waals surface area contributed by atoms with Crippen molar-refractivity contribution in [3.63, 3.8) is 0 Å². The molecule has 169 valence electrons. The van der Waals surface area contributed by atoms with E-state index in [-0.39, 0.29) is 20.1 Å². The Bertz CT molecular complexity index is 1620. The molecule has 2 aromatic heterocycles. The van der Waals surface area contributed by atoms with Crippen molar-refractivity contribution in [2.45, 2.75) is 6.18 Å². The third kappa shape index (κ3) is 3.77. The van der Waals surface area contributed by atoms with Crippen LogP contribution in [0.1, 0.15) is 5.56 Å². The molecule has 0 N–H and O–H groups in total. The van der Waals surface area contributed by atoms with Gasteiger partial charge >= 0.3 is 6.18 Å². The van der Waals surface area contributed by atoms with E-state index in [0.29, 0.717) is 28.3 Å². The fourth-order valence-electron chi connectivity index (χ4n) is 4.06. The summed E-state index contributed by atoms with van der Waals surface area (Å²) in [4.78, 5) is 0.